The summed E-state index contributed by atoms with van der Waals surface area (Å²) in [5.74, 6) is -0.0444. The van der Waals surface area contributed by atoms with Crippen molar-refractivity contribution in [1.29, 1.82) is 0 Å². The number of carbonyl (C=O) groups excluding carboxylic acids is 1. The fraction of sp³-hybridized carbons (Fsp3) is 0.150. The lowest BCUT2D eigenvalue weighted by molar-refractivity contribution is 0.0778. The maximum Gasteiger partial charge on any atom is 0.272 e. The molecule has 4 rings (SSSR count). The molecule has 0 atom stereocenters. The summed E-state index contributed by atoms with van der Waals surface area (Å²) in [6.45, 7) is 2.39. The van der Waals surface area contributed by atoms with Gasteiger partial charge >= 0.3 is 0 Å². The summed E-state index contributed by atoms with van der Waals surface area (Å²) in [5.41, 5.74) is 4.14. The van der Waals surface area contributed by atoms with Gasteiger partial charge in [-0.05, 0) is 36.8 Å². The number of pyridine rings is 2. The smallest absolute Gasteiger partial charge is 0.272 e. The zero-order valence-electron chi connectivity index (χ0n) is 14.2. The predicted octanol–water partition coefficient (Wildman–Crippen LogP) is 3.46. The molecule has 0 bridgehead atoms. The van der Waals surface area contributed by atoms with Crippen molar-refractivity contribution in [3.63, 3.8) is 0 Å². The first-order valence-corrected chi connectivity index (χ1v) is 8.17. The predicted molar refractivity (Wildman–Crippen MR) is 97.5 cm³/mol. The molecule has 0 radical (unpaired) electrons. The van der Waals surface area contributed by atoms with Gasteiger partial charge in [-0.2, -0.15) is 0 Å². The first-order chi connectivity index (χ1) is 12.1. The van der Waals surface area contributed by atoms with E-state index in [0.29, 0.717) is 12.2 Å². The standard InChI is InChI=1S/C20H18N4O/c1-14-19(24-12-6-5-9-18(24)22-14)20(25)23(2)13-15-10-11-21-17-8-4-3-7-16(15)17/h3-12H,13H2,1-2H3. The lowest BCUT2D eigenvalue weighted by Gasteiger charge is -2.18. The maximum absolute atomic E-state index is 13.0. The highest BCUT2D eigenvalue weighted by Gasteiger charge is 2.20. The van der Waals surface area contributed by atoms with Gasteiger partial charge in [-0.25, -0.2) is 4.98 Å². The highest BCUT2D eigenvalue weighted by atomic mass is 16.2. The Kier molecular flexibility index (Phi) is 3.69. The number of rotatable bonds is 3. The van der Waals surface area contributed by atoms with Crippen LogP contribution in [0.15, 0.2) is 60.9 Å². The maximum atomic E-state index is 13.0. The van der Waals surface area contributed by atoms with Crippen LogP contribution in [0.5, 0.6) is 0 Å². The largest absolute Gasteiger partial charge is 0.336 e. The number of amides is 1. The molecule has 3 aromatic heterocycles. The van der Waals surface area contributed by atoms with Gasteiger partial charge in [-0.15, -0.1) is 0 Å². The Labute approximate surface area is 145 Å². The molecule has 0 spiro atoms. The van der Waals surface area contributed by atoms with Crippen LogP contribution >= 0.6 is 0 Å². The van der Waals surface area contributed by atoms with Gasteiger partial charge in [0, 0.05) is 31.4 Å². The number of benzene rings is 1. The number of para-hydroxylation sites is 1. The van der Waals surface area contributed by atoms with Crippen LogP contribution in [0.2, 0.25) is 0 Å². The van der Waals surface area contributed by atoms with Crippen molar-refractivity contribution in [3.05, 3.63) is 77.9 Å². The zero-order chi connectivity index (χ0) is 17.4. The third kappa shape index (κ3) is 2.63. The van der Waals surface area contributed by atoms with Crippen LogP contribution in [0.3, 0.4) is 0 Å². The average Bonchev–Trinajstić information content (AvgIpc) is 2.97. The van der Waals surface area contributed by atoms with Crippen LogP contribution in [0.4, 0.5) is 0 Å². The monoisotopic (exact) mass is 330 g/mol. The molecule has 5 heteroatoms. The molecule has 0 saturated carbocycles. The summed E-state index contributed by atoms with van der Waals surface area (Å²) in [7, 11) is 1.82. The van der Waals surface area contributed by atoms with Gasteiger partial charge in [0.2, 0.25) is 0 Å². The highest BCUT2D eigenvalue weighted by molar-refractivity contribution is 5.94. The van der Waals surface area contributed by atoms with E-state index in [1.807, 2.05) is 73.1 Å². The van der Waals surface area contributed by atoms with E-state index >= 15 is 0 Å². The summed E-state index contributed by atoms with van der Waals surface area (Å²) in [6.07, 6.45) is 3.66. The Morgan fingerprint density at radius 3 is 2.80 bits per heavy atom. The molecule has 25 heavy (non-hydrogen) atoms. The van der Waals surface area contributed by atoms with E-state index in [0.717, 1.165) is 27.8 Å². The minimum Gasteiger partial charge on any atom is -0.336 e. The van der Waals surface area contributed by atoms with Crippen molar-refractivity contribution < 1.29 is 4.79 Å². The van der Waals surface area contributed by atoms with Gasteiger partial charge in [0.1, 0.15) is 11.3 Å². The van der Waals surface area contributed by atoms with Crippen molar-refractivity contribution in [2.45, 2.75) is 13.5 Å². The lowest BCUT2D eigenvalue weighted by atomic mass is 10.1. The van der Waals surface area contributed by atoms with E-state index in [4.69, 9.17) is 0 Å². The van der Waals surface area contributed by atoms with Crippen molar-refractivity contribution >= 4 is 22.5 Å². The number of hydrogen-bond donors (Lipinski definition) is 0. The van der Waals surface area contributed by atoms with Crippen LogP contribution in [-0.2, 0) is 6.54 Å². The minimum absolute atomic E-state index is 0.0444. The summed E-state index contributed by atoms with van der Waals surface area (Å²) in [6, 6.07) is 15.7. The lowest BCUT2D eigenvalue weighted by Crippen LogP contribution is -2.28. The molecule has 124 valence electrons. The number of aromatic nitrogens is 3. The van der Waals surface area contributed by atoms with Gasteiger partial charge < -0.3 is 4.90 Å². The van der Waals surface area contributed by atoms with E-state index in [1.165, 1.54) is 0 Å². The Bertz CT molecular complexity index is 1080. The number of fused-ring (bicyclic) bond motifs is 2. The number of nitrogens with zero attached hydrogens (tertiary/aromatic N) is 4. The van der Waals surface area contributed by atoms with Crippen molar-refractivity contribution in [2.75, 3.05) is 7.05 Å². The average molecular weight is 330 g/mol. The van der Waals surface area contributed by atoms with E-state index in [9.17, 15) is 4.79 Å². The van der Waals surface area contributed by atoms with Crippen LogP contribution in [0.25, 0.3) is 16.6 Å². The number of hydrogen-bond acceptors (Lipinski definition) is 3. The highest BCUT2D eigenvalue weighted by Crippen LogP contribution is 2.19. The fourth-order valence-electron chi connectivity index (χ4n) is 3.17. The van der Waals surface area contributed by atoms with Crippen molar-refractivity contribution in [2.24, 2.45) is 0 Å². The fourth-order valence-corrected chi connectivity index (χ4v) is 3.17. The minimum atomic E-state index is -0.0444. The van der Waals surface area contributed by atoms with Gasteiger partial charge in [0.25, 0.3) is 5.91 Å². The van der Waals surface area contributed by atoms with Crippen molar-refractivity contribution in [3.8, 4) is 0 Å². The summed E-state index contributed by atoms with van der Waals surface area (Å²) in [5, 5.41) is 1.07. The molecule has 0 N–H and O–H groups in total. The third-order valence-corrected chi connectivity index (χ3v) is 4.40. The summed E-state index contributed by atoms with van der Waals surface area (Å²) in [4.78, 5) is 23.6. The molecular formula is C20H18N4O. The molecule has 0 aliphatic carbocycles. The Morgan fingerprint density at radius 2 is 1.92 bits per heavy atom. The van der Waals surface area contributed by atoms with Gasteiger partial charge in [0.05, 0.1) is 11.2 Å². The van der Waals surface area contributed by atoms with Crippen LogP contribution in [0, 0.1) is 6.92 Å². The quantitative estimate of drug-likeness (QED) is 0.578. The number of carbonyl (C=O) groups is 1. The molecular weight excluding hydrogens is 312 g/mol. The molecule has 0 unspecified atom stereocenters. The molecule has 0 aliphatic rings. The molecule has 0 saturated heterocycles. The van der Waals surface area contributed by atoms with Gasteiger partial charge in [-0.3, -0.25) is 14.2 Å². The molecule has 0 aliphatic heterocycles. The first-order valence-electron chi connectivity index (χ1n) is 8.17. The topological polar surface area (TPSA) is 50.5 Å². The summed E-state index contributed by atoms with van der Waals surface area (Å²) < 4.78 is 1.85. The van der Waals surface area contributed by atoms with E-state index in [2.05, 4.69) is 9.97 Å². The molecule has 3 heterocycles. The Morgan fingerprint density at radius 1 is 1.12 bits per heavy atom. The van der Waals surface area contributed by atoms with Crippen LogP contribution in [-0.4, -0.2) is 32.2 Å². The zero-order valence-corrected chi connectivity index (χ0v) is 14.2. The van der Waals surface area contributed by atoms with E-state index < -0.39 is 0 Å². The Hall–Kier alpha value is -3.21. The Balaban J connectivity index is 1.69. The van der Waals surface area contributed by atoms with E-state index in [-0.39, 0.29) is 5.91 Å². The normalized spacial score (nSPS) is 11.1. The molecule has 0 fully saturated rings. The second-order valence-electron chi connectivity index (χ2n) is 6.12. The van der Waals surface area contributed by atoms with Gasteiger partial charge in [0.15, 0.2) is 0 Å². The second kappa shape index (κ2) is 6.02. The molecule has 4 aromatic rings. The van der Waals surface area contributed by atoms with Crippen LogP contribution in [0.1, 0.15) is 21.7 Å². The number of imidazole rings is 1. The molecule has 5 nitrogen and oxygen atoms in total. The third-order valence-electron chi connectivity index (χ3n) is 4.40. The van der Waals surface area contributed by atoms with Gasteiger partial charge in [-0.1, -0.05) is 24.3 Å². The van der Waals surface area contributed by atoms with Crippen LogP contribution < -0.4 is 0 Å². The molecule has 1 aromatic carbocycles. The second-order valence-corrected chi connectivity index (χ2v) is 6.12. The molecule has 1 amide bonds. The first kappa shape index (κ1) is 15.3. The number of aryl methyl sites for hydroxylation is 1. The SMILES string of the molecule is Cc1nc2ccccn2c1C(=O)N(C)Cc1ccnc2ccccc12. The van der Waals surface area contributed by atoms with E-state index in [1.54, 1.807) is 11.1 Å². The van der Waals surface area contributed by atoms with Crippen molar-refractivity contribution in [1.82, 2.24) is 19.3 Å². The summed E-state index contributed by atoms with van der Waals surface area (Å²) >= 11 is 0.